The summed E-state index contributed by atoms with van der Waals surface area (Å²) in [5.74, 6) is 0.754. The Hall–Kier alpha value is -1.85. The van der Waals surface area contributed by atoms with Gasteiger partial charge in [0.05, 0.1) is 13.2 Å². The van der Waals surface area contributed by atoms with Gasteiger partial charge >= 0.3 is 0 Å². The van der Waals surface area contributed by atoms with Gasteiger partial charge in [-0.1, -0.05) is 24.3 Å². The number of aliphatic hydroxyl groups is 1. The van der Waals surface area contributed by atoms with E-state index in [1.54, 1.807) is 16.2 Å². The predicted octanol–water partition coefficient (Wildman–Crippen LogP) is 2.46. The Balaban J connectivity index is 1.71. The fraction of sp³-hybridized carbons (Fsp3) is 0.353. The van der Waals surface area contributed by atoms with Crippen LogP contribution in [0.3, 0.4) is 0 Å². The van der Waals surface area contributed by atoms with Crippen molar-refractivity contribution in [2.75, 3.05) is 13.2 Å². The molecule has 0 saturated carbocycles. The van der Waals surface area contributed by atoms with Crippen LogP contribution in [0, 0.1) is 0 Å². The molecule has 0 spiro atoms. The van der Waals surface area contributed by atoms with Crippen LogP contribution in [-0.2, 0) is 17.8 Å². The molecule has 1 aromatic heterocycles. The van der Waals surface area contributed by atoms with Crippen LogP contribution in [0.5, 0.6) is 5.75 Å². The molecule has 1 aliphatic rings. The fourth-order valence-electron chi connectivity index (χ4n) is 2.68. The minimum absolute atomic E-state index is 0.0412. The SMILES string of the molecule is O=C([C@@H]1CCc2ccccc2O1)N(CCO)Cc1cccs1. The quantitative estimate of drug-likeness (QED) is 0.921. The third-order valence-corrected chi connectivity index (χ3v) is 4.66. The summed E-state index contributed by atoms with van der Waals surface area (Å²) < 4.78 is 5.87. The zero-order valence-electron chi connectivity index (χ0n) is 12.3. The standard InChI is InChI=1S/C17H19NO3S/c19-10-9-18(12-14-5-3-11-22-14)17(20)16-8-7-13-4-1-2-6-15(13)21-16/h1-6,11,16,19H,7-10,12H2/t16-/m0/s1. The number of rotatable bonds is 5. The maximum atomic E-state index is 12.7. The highest BCUT2D eigenvalue weighted by atomic mass is 32.1. The van der Waals surface area contributed by atoms with E-state index in [-0.39, 0.29) is 12.5 Å². The van der Waals surface area contributed by atoms with Gasteiger partial charge < -0.3 is 14.7 Å². The van der Waals surface area contributed by atoms with Gasteiger partial charge in [0.15, 0.2) is 6.10 Å². The topological polar surface area (TPSA) is 49.8 Å². The largest absolute Gasteiger partial charge is 0.480 e. The molecule has 1 atom stereocenters. The van der Waals surface area contributed by atoms with Gasteiger partial charge in [0.25, 0.3) is 5.91 Å². The zero-order chi connectivity index (χ0) is 15.4. The van der Waals surface area contributed by atoms with E-state index in [1.165, 1.54) is 0 Å². The van der Waals surface area contributed by atoms with E-state index in [0.717, 1.165) is 22.6 Å². The molecule has 1 N–H and O–H groups in total. The molecule has 0 fully saturated rings. The maximum Gasteiger partial charge on any atom is 0.264 e. The first-order valence-corrected chi connectivity index (χ1v) is 8.32. The Bertz CT molecular complexity index is 627. The second-order valence-corrected chi connectivity index (χ2v) is 6.35. The van der Waals surface area contributed by atoms with Crippen molar-refractivity contribution in [1.29, 1.82) is 0 Å². The van der Waals surface area contributed by atoms with E-state index in [4.69, 9.17) is 4.74 Å². The Labute approximate surface area is 134 Å². The Morgan fingerprint density at radius 2 is 2.18 bits per heavy atom. The molecule has 0 aliphatic carbocycles. The lowest BCUT2D eigenvalue weighted by molar-refractivity contribution is -0.140. The number of hydrogen-bond acceptors (Lipinski definition) is 4. The predicted molar refractivity (Wildman–Crippen MR) is 86.0 cm³/mol. The molecule has 0 unspecified atom stereocenters. The van der Waals surface area contributed by atoms with Gasteiger partial charge in [0, 0.05) is 11.4 Å². The van der Waals surface area contributed by atoms with E-state index in [2.05, 4.69) is 0 Å². The number of hydrogen-bond donors (Lipinski definition) is 1. The van der Waals surface area contributed by atoms with Crippen molar-refractivity contribution >= 4 is 17.2 Å². The second kappa shape index (κ2) is 6.94. The van der Waals surface area contributed by atoms with Crippen molar-refractivity contribution in [2.24, 2.45) is 0 Å². The number of nitrogens with zero attached hydrogens (tertiary/aromatic N) is 1. The Morgan fingerprint density at radius 3 is 2.95 bits per heavy atom. The van der Waals surface area contributed by atoms with Gasteiger partial charge in [-0.25, -0.2) is 0 Å². The maximum absolute atomic E-state index is 12.7. The van der Waals surface area contributed by atoms with Crippen LogP contribution in [-0.4, -0.2) is 35.2 Å². The minimum Gasteiger partial charge on any atom is -0.480 e. The lowest BCUT2D eigenvalue weighted by Gasteiger charge is -2.30. The summed E-state index contributed by atoms with van der Waals surface area (Å²) in [5.41, 5.74) is 1.15. The molecule has 0 saturated heterocycles. The van der Waals surface area contributed by atoms with Gasteiger partial charge in [0.1, 0.15) is 5.75 Å². The fourth-order valence-corrected chi connectivity index (χ4v) is 3.40. The summed E-state index contributed by atoms with van der Waals surface area (Å²) in [5, 5.41) is 11.2. The molecular formula is C17H19NO3S. The van der Waals surface area contributed by atoms with Gasteiger partial charge in [-0.2, -0.15) is 0 Å². The molecule has 2 aromatic rings. The highest BCUT2D eigenvalue weighted by molar-refractivity contribution is 7.09. The summed E-state index contributed by atoms with van der Waals surface area (Å²) in [7, 11) is 0. The molecule has 5 heteroatoms. The summed E-state index contributed by atoms with van der Waals surface area (Å²) >= 11 is 1.61. The average Bonchev–Trinajstić information content (AvgIpc) is 3.06. The van der Waals surface area contributed by atoms with Gasteiger partial charge in [-0.15, -0.1) is 11.3 Å². The van der Waals surface area contributed by atoms with Crippen LogP contribution in [0.25, 0.3) is 0 Å². The number of ether oxygens (including phenoxy) is 1. The van der Waals surface area contributed by atoms with Gasteiger partial charge in [0.2, 0.25) is 0 Å². The summed E-state index contributed by atoms with van der Waals surface area (Å²) in [6.07, 6.45) is 1.07. The van der Waals surface area contributed by atoms with Crippen molar-refractivity contribution in [3.05, 3.63) is 52.2 Å². The smallest absolute Gasteiger partial charge is 0.264 e. The molecule has 3 rings (SSSR count). The van der Waals surface area contributed by atoms with Gasteiger partial charge in [-0.05, 0) is 35.9 Å². The third kappa shape index (κ3) is 3.31. The molecule has 2 heterocycles. The second-order valence-electron chi connectivity index (χ2n) is 5.32. The molecule has 0 radical (unpaired) electrons. The number of carbonyl (C=O) groups excluding carboxylic acids is 1. The van der Waals surface area contributed by atoms with E-state index in [0.29, 0.717) is 19.5 Å². The highest BCUT2D eigenvalue weighted by Crippen LogP contribution is 2.28. The number of fused-ring (bicyclic) bond motifs is 1. The first-order chi connectivity index (χ1) is 10.8. The molecule has 1 amide bonds. The number of carbonyl (C=O) groups is 1. The van der Waals surface area contributed by atoms with Crippen LogP contribution in [0.15, 0.2) is 41.8 Å². The number of thiophene rings is 1. The van der Waals surface area contributed by atoms with Crippen LogP contribution in [0.4, 0.5) is 0 Å². The summed E-state index contributed by atoms with van der Waals surface area (Å²) in [6.45, 7) is 0.817. The molecule has 0 bridgehead atoms. The van der Waals surface area contributed by atoms with Crippen molar-refractivity contribution in [3.8, 4) is 5.75 Å². The average molecular weight is 317 g/mol. The number of aryl methyl sites for hydroxylation is 1. The van der Waals surface area contributed by atoms with Crippen LogP contribution >= 0.6 is 11.3 Å². The van der Waals surface area contributed by atoms with Crippen LogP contribution in [0.2, 0.25) is 0 Å². The van der Waals surface area contributed by atoms with Crippen LogP contribution in [0.1, 0.15) is 16.9 Å². The molecule has 116 valence electrons. The molecule has 1 aliphatic heterocycles. The molecular weight excluding hydrogens is 298 g/mol. The van der Waals surface area contributed by atoms with Gasteiger partial charge in [-0.3, -0.25) is 4.79 Å². The van der Waals surface area contributed by atoms with E-state index in [1.807, 2.05) is 41.8 Å². The first kappa shape index (κ1) is 15.1. The first-order valence-electron chi connectivity index (χ1n) is 7.44. The third-order valence-electron chi connectivity index (χ3n) is 3.80. The summed E-state index contributed by atoms with van der Waals surface area (Å²) in [4.78, 5) is 15.5. The molecule has 22 heavy (non-hydrogen) atoms. The molecule has 1 aromatic carbocycles. The lowest BCUT2D eigenvalue weighted by Crippen LogP contribution is -2.44. The van der Waals surface area contributed by atoms with E-state index >= 15 is 0 Å². The van der Waals surface area contributed by atoms with E-state index < -0.39 is 6.10 Å². The number of aliphatic hydroxyl groups excluding tert-OH is 1. The van der Waals surface area contributed by atoms with Crippen molar-refractivity contribution in [3.63, 3.8) is 0 Å². The minimum atomic E-state index is -0.457. The van der Waals surface area contributed by atoms with Crippen LogP contribution < -0.4 is 4.74 Å². The zero-order valence-corrected chi connectivity index (χ0v) is 13.1. The van der Waals surface area contributed by atoms with Crippen molar-refractivity contribution in [2.45, 2.75) is 25.5 Å². The lowest BCUT2D eigenvalue weighted by atomic mass is 10.0. The highest BCUT2D eigenvalue weighted by Gasteiger charge is 2.29. The Kier molecular flexibility index (Phi) is 4.75. The van der Waals surface area contributed by atoms with E-state index in [9.17, 15) is 9.90 Å². The number of para-hydroxylation sites is 1. The summed E-state index contributed by atoms with van der Waals surface area (Å²) in [6, 6.07) is 11.8. The number of benzene rings is 1. The number of amides is 1. The van der Waals surface area contributed by atoms with Crippen molar-refractivity contribution in [1.82, 2.24) is 4.90 Å². The monoisotopic (exact) mass is 317 g/mol. The Morgan fingerprint density at radius 1 is 1.32 bits per heavy atom. The normalized spacial score (nSPS) is 16.7. The molecule has 4 nitrogen and oxygen atoms in total. The van der Waals surface area contributed by atoms with Crippen molar-refractivity contribution < 1.29 is 14.6 Å².